The summed E-state index contributed by atoms with van der Waals surface area (Å²) < 4.78 is 25.0. The number of carbonyl (C=O) groups excluding carboxylic acids is 4. The van der Waals surface area contributed by atoms with Gasteiger partial charge in [0.1, 0.15) is 11.1 Å². The summed E-state index contributed by atoms with van der Waals surface area (Å²) in [7, 11) is 0. The van der Waals surface area contributed by atoms with Crippen molar-refractivity contribution in [2.75, 3.05) is 18.1 Å². The summed E-state index contributed by atoms with van der Waals surface area (Å²) in [5.74, 6) is -3.47. The highest BCUT2D eigenvalue weighted by Gasteiger charge is 2.32. The molecule has 0 saturated carbocycles. The third kappa shape index (κ3) is 6.57. The van der Waals surface area contributed by atoms with E-state index in [2.05, 4.69) is 0 Å². The molecule has 0 N–H and O–H groups in total. The standard InChI is InChI=1S/C23H27ClFNO6S/c1-5-31-22(29)13(3)33-20-12-19(18(25)11-17(20)24)26(14(4)27)21(28)15-9-7-8-10-16(15)23(30)32-6-2/h11-13H,5-10H2,1-4H3. The van der Waals surface area contributed by atoms with Crippen molar-refractivity contribution < 1.29 is 33.0 Å². The molecule has 1 aliphatic rings. The van der Waals surface area contributed by atoms with Crippen LogP contribution in [0, 0.1) is 5.82 Å². The van der Waals surface area contributed by atoms with Crippen LogP contribution in [0.4, 0.5) is 10.1 Å². The van der Waals surface area contributed by atoms with Gasteiger partial charge in [0, 0.05) is 23.0 Å². The summed E-state index contributed by atoms with van der Waals surface area (Å²) in [5.41, 5.74) is 0.0364. The van der Waals surface area contributed by atoms with E-state index in [0.717, 1.165) is 24.8 Å². The van der Waals surface area contributed by atoms with Crippen LogP contribution in [-0.2, 0) is 28.7 Å². The maximum atomic E-state index is 14.9. The Morgan fingerprint density at radius 2 is 1.70 bits per heavy atom. The molecule has 7 nitrogen and oxygen atoms in total. The number of esters is 2. The van der Waals surface area contributed by atoms with E-state index in [9.17, 15) is 23.6 Å². The van der Waals surface area contributed by atoms with E-state index in [1.807, 2.05) is 0 Å². The van der Waals surface area contributed by atoms with Crippen LogP contribution in [0.3, 0.4) is 0 Å². The van der Waals surface area contributed by atoms with Crippen molar-refractivity contribution in [3.05, 3.63) is 34.1 Å². The number of ether oxygens (including phenoxy) is 2. The third-order valence-corrected chi connectivity index (χ3v) is 6.49. The van der Waals surface area contributed by atoms with Gasteiger partial charge in [0.2, 0.25) is 5.91 Å². The zero-order valence-corrected chi connectivity index (χ0v) is 20.6. The molecule has 33 heavy (non-hydrogen) atoms. The zero-order valence-electron chi connectivity index (χ0n) is 19.0. The molecule has 1 unspecified atom stereocenters. The fourth-order valence-electron chi connectivity index (χ4n) is 3.42. The second-order valence-electron chi connectivity index (χ2n) is 7.29. The molecule has 1 atom stereocenters. The maximum absolute atomic E-state index is 14.9. The molecule has 1 aromatic carbocycles. The van der Waals surface area contributed by atoms with E-state index in [-0.39, 0.29) is 41.5 Å². The first-order chi connectivity index (χ1) is 15.6. The SMILES string of the molecule is CCOC(=O)C1=C(C(=O)N(C(C)=O)c2cc(SC(C)C(=O)OCC)c(Cl)cc2F)CCCC1. The first-order valence-electron chi connectivity index (χ1n) is 10.7. The number of nitrogens with zero attached hydrogens (tertiary/aromatic N) is 1. The van der Waals surface area contributed by atoms with Crippen molar-refractivity contribution in [3.8, 4) is 0 Å². The Balaban J connectivity index is 2.50. The predicted octanol–water partition coefficient (Wildman–Crippen LogP) is 4.84. The highest BCUT2D eigenvalue weighted by Crippen LogP contribution is 2.37. The van der Waals surface area contributed by atoms with Crippen molar-refractivity contribution >= 4 is 52.8 Å². The lowest BCUT2D eigenvalue weighted by Crippen LogP contribution is -2.38. The fourth-order valence-corrected chi connectivity index (χ4v) is 4.60. The Labute approximate surface area is 201 Å². The van der Waals surface area contributed by atoms with Gasteiger partial charge in [0.05, 0.1) is 23.9 Å². The summed E-state index contributed by atoms with van der Waals surface area (Å²) in [6.07, 6.45) is 1.96. The number of carbonyl (C=O) groups is 4. The average Bonchev–Trinajstić information content (AvgIpc) is 2.76. The zero-order chi connectivity index (χ0) is 24.7. The largest absolute Gasteiger partial charge is 0.465 e. The molecule has 0 spiro atoms. The number of rotatable bonds is 8. The van der Waals surface area contributed by atoms with Gasteiger partial charge in [0.15, 0.2) is 0 Å². The molecule has 0 radical (unpaired) electrons. The van der Waals surface area contributed by atoms with E-state index in [1.54, 1.807) is 20.8 Å². The second kappa shape index (κ2) is 12.2. The number of hydrogen-bond donors (Lipinski definition) is 0. The number of halogens is 2. The van der Waals surface area contributed by atoms with Gasteiger partial charge in [-0.3, -0.25) is 14.4 Å². The lowest BCUT2D eigenvalue weighted by molar-refractivity contribution is -0.142. The highest BCUT2D eigenvalue weighted by atomic mass is 35.5. The Morgan fingerprint density at radius 3 is 2.27 bits per heavy atom. The molecular formula is C23H27ClFNO6S. The summed E-state index contributed by atoms with van der Waals surface area (Å²) in [5, 5.41) is -0.629. The first kappa shape index (κ1) is 26.9. The Bertz CT molecular complexity index is 980. The first-order valence-corrected chi connectivity index (χ1v) is 11.9. The Hall–Kier alpha value is -2.39. The van der Waals surface area contributed by atoms with E-state index >= 15 is 0 Å². The van der Waals surface area contributed by atoms with Crippen LogP contribution in [0.15, 0.2) is 28.2 Å². The van der Waals surface area contributed by atoms with Crippen molar-refractivity contribution in [1.82, 2.24) is 0 Å². The van der Waals surface area contributed by atoms with Gasteiger partial charge in [-0.05, 0) is 58.6 Å². The smallest absolute Gasteiger partial charge is 0.334 e. The monoisotopic (exact) mass is 499 g/mol. The number of thioether (sulfide) groups is 1. The van der Waals surface area contributed by atoms with Crippen molar-refractivity contribution in [3.63, 3.8) is 0 Å². The molecule has 1 aromatic rings. The van der Waals surface area contributed by atoms with Crippen LogP contribution in [0.5, 0.6) is 0 Å². The third-order valence-electron chi connectivity index (χ3n) is 4.93. The molecule has 2 amide bonds. The average molecular weight is 500 g/mol. The van der Waals surface area contributed by atoms with Gasteiger partial charge in [-0.25, -0.2) is 14.1 Å². The van der Waals surface area contributed by atoms with E-state index < -0.39 is 34.8 Å². The van der Waals surface area contributed by atoms with Crippen LogP contribution in [0.2, 0.25) is 5.02 Å². The molecule has 0 saturated heterocycles. The lowest BCUT2D eigenvalue weighted by atomic mass is 9.90. The molecule has 2 rings (SSSR count). The lowest BCUT2D eigenvalue weighted by Gasteiger charge is -2.25. The Morgan fingerprint density at radius 1 is 1.09 bits per heavy atom. The molecular weight excluding hydrogens is 473 g/mol. The molecule has 1 aliphatic carbocycles. The minimum Gasteiger partial charge on any atom is -0.465 e. The van der Waals surface area contributed by atoms with Gasteiger partial charge in [-0.1, -0.05) is 11.6 Å². The molecule has 180 valence electrons. The number of amides is 2. The predicted molar refractivity (Wildman–Crippen MR) is 124 cm³/mol. The van der Waals surface area contributed by atoms with Gasteiger partial charge in [-0.2, -0.15) is 0 Å². The molecule has 0 fully saturated rings. The van der Waals surface area contributed by atoms with Crippen molar-refractivity contribution in [2.24, 2.45) is 0 Å². The van der Waals surface area contributed by atoms with Gasteiger partial charge in [-0.15, -0.1) is 11.8 Å². The number of imide groups is 1. The van der Waals surface area contributed by atoms with Crippen LogP contribution in [0.25, 0.3) is 0 Å². The fraction of sp³-hybridized carbons (Fsp3) is 0.478. The van der Waals surface area contributed by atoms with Gasteiger partial charge in [0.25, 0.3) is 5.91 Å². The van der Waals surface area contributed by atoms with Crippen molar-refractivity contribution in [2.45, 2.75) is 63.5 Å². The number of benzene rings is 1. The molecule has 0 aliphatic heterocycles. The second-order valence-corrected chi connectivity index (χ2v) is 9.08. The topological polar surface area (TPSA) is 90.0 Å². The normalized spacial score (nSPS) is 14.5. The quantitative estimate of drug-likeness (QED) is 0.373. The van der Waals surface area contributed by atoms with Crippen LogP contribution in [0.1, 0.15) is 53.4 Å². The Kier molecular flexibility index (Phi) is 9.91. The minimum absolute atomic E-state index is 0.0254. The summed E-state index contributed by atoms with van der Waals surface area (Å²) in [6, 6.07) is 2.24. The minimum atomic E-state index is -0.884. The maximum Gasteiger partial charge on any atom is 0.334 e. The van der Waals surface area contributed by atoms with E-state index in [1.165, 1.54) is 6.07 Å². The molecule has 10 heteroatoms. The van der Waals surface area contributed by atoms with Gasteiger partial charge < -0.3 is 9.47 Å². The summed E-state index contributed by atoms with van der Waals surface area (Å²) in [6.45, 7) is 6.42. The van der Waals surface area contributed by atoms with Crippen LogP contribution >= 0.6 is 23.4 Å². The number of hydrogen-bond acceptors (Lipinski definition) is 7. The molecule has 0 aromatic heterocycles. The van der Waals surface area contributed by atoms with Gasteiger partial charge >= 0.3 is 11.9 Å². The molecule has 0 bridgehead atoms. The highest BCUT2D eigenvalue weighted by molar-refractivity contribution is 8.00. The van der Waals surface area contributed by atoms with Crippen molar-refractivity contribution in [1.29, 1.82) is 0 Å². The van der Waals surface area contributed by atoms with E-state index in [4.69, 9.17) is 21.1 Å². The van der Waals surface area contributed by atoms with E-state index in [0.29, 0.717) is 29.1 Å². The number of anilines is 1. The summed E-state index contributed by atoms with van der Waals surface area (Å²) in [4.78, 5) is 51.2. The summed E-state index contributed by atoms with van der Waals surface area (Å²) >= 11 is 7.19. The van der Waals surface area contributed by atoms with Crippen LogP contribution in [-0.4, -0.2) is 42.2 Å². The van der Waals surface area contributed by atoms with Crippen LogP contribution < -0.4 is 4.90 Å². The molecule has 0 heterocycles.